The van der Waals surface area contributed by atoms with Gasteiger partial charge in [0.05, 0.1) is 15.9 Å². The molecule has 0 aliphatic rings. The minimum absolute atomic E-state index is 0.117. The van der Waals surface area contributed by atoms with Crippen LogP contribution in [0.1, 0.15) is 10.6 Å². The predicted octanol–water partition coefficient (Wildman–Crippen LogP) is 4.16. The Morgan fingerprint density at radius 1 is 1.16 bits per heavy atom. The van der Waals surface area contributed by atoms with Crippen molar-refractivity contribution < 1.29 is 4.39 Å². The Labute approximate surface area is 118 Å². The summed E-state index contributed by atoms with van der Waals surface area (Å²) >= 11 is 7.59. The molecule has 0 aliphatic heterocycles. The van der Waals surface area contributed by atoms with Crippen molar-refractivity contribution in [3.05, 3.63) is 39.1 Å². The van der Waals surface area contributed by atoms with E-state index in [9.17, 15) is 4.39 Å². The summed E-state index contributed by atoms with van der Waals surface area (Å²) in [5.74, 6) is 0.0159. The third kappa shape index (κ3) is 2.09. The highest BCUT2D eigenvalue weighted by Crippen LogP contribution is 2.29. The molecule has 3 nitrogen and oxygen atoms in total. The number of rotatable bonds is 1. The summed E-state index contributed by atoms with van der Waals surface area (Å²) in [5, 5.41) is 3.16. The number of aromatic nitrogens is 3. The number of halogens is 2. The lowest BCUT2D eigenvalue weighted by Crippen LogP contribution is -1.96. The van der Waals surface area contributed by atoms with Crippen LogP contribution in [0.15, 0.2) is 17.5 Å². The normalized spacial score (nSPS) is 11.2. The van der Waals surface area contributed by atoms with E-state index >= 15 is 0 Å². The van der Waals surface area contributed by atoms with Gasteiger partial charge >= 0.3 is 0 Å². The van der Waals surface area contributed by atoms with Crippen LogP contribution in [0.4, 0.5) is 4.39 Å². The molecule has 0 bridgehead atoms. The van der Waals surface area contributed by atoms with Gasteiger partial charge in [-0.2, -0.15) is 0 Å². The summed E-state index contributed by atoms with van der Waals surface area (Å²) in [6.07, 6.45) is 0. The zero-order chi connectivity index (χ0) is 13.6. The fraction of sp³-hybridized carbons (Fsp3) is 0.154. The Kier molecular flexibility index (Phi) is 2.95. The van der Waals surface area contributed by atoms with Crippen molar-refractivity contribution in [2.45, 2.75) is 13.8 Å². The van der Waals surface area contributed by atoms with E-state index in [4.69, 9.17) is 11.6 Å². The first-order valence-corrected chi connectivity index (χ1v) is 6.87. The number of benzene rings is 1. The van der Waals surface area contributed by atoms with Gasteiger partial charge in [-0.25, -0.2) is 19.3 Å². The molecule has 2 heterocycles. The Morgan fingerprint density at radius 3 is 2.63 bits per heavy atom. The number of fused-ring (bicyclic) bond motifs is 1. The molecule has 19 heavy (non-hydrogen) atoms. The number of thiazole rings is 1. The van der Waals surface area contributed by atoms with Gasteiger partial charge in [-0.15, -0.1) is 11.3 Å². The average Bonchev–Trinajstić information content (AvgIpc) is 2.80. The van der Waals surface area contributed by atoms with Crippen LogP contribution < -0.4 is 0 Å². The van der Waals surface area contributed by atoms with Crippen LogP contribution in [-0.4, -0.2) is 15.0 Å². The van der Waals surface area contributed by atoms with Crippen molar-refractivity contribution in [3.63, 3.8) is 0 Å². The lowest BCUT2D eigenvalue weighted by Gasteiger charge is -2.06. The highest BCUT2D eigenvalue weighted by Gasteiger charge is 2.14. The number of hydrogen-bond acceptors (Lipinski definition) is 4. The van der Waals surface area contributed by atoms with E-state index in [1.165, 1.54) is 17.4 Å². The molecule has 0 N–H and O–H groups in total. The summed E-state index contributed by atoms with van der Waals surface area (Å²) in [7, 11) is 0. The maximum atomic E-state index is 13.8. The molecule has 0 saturated heterocycles. The molecule has 0 saturated carbocycles. The van der Waals surface area contributed by atoms with Crippen LogP contribution in [0.3, 0.4) is 0 Å². The smallest absolute Gasteiger partial charge is 0.181 e. The number of aryl methyl sites for hydroxylation is 2. The van der Waals surface area contributed by atoms with E-state index < -0.39 is 5.82 Å². The first kappa shape index (κ1) is 12.4. The zero-order valence-electron chi connectivity index (χ0n) is 10.2. The van der Waals surface area contributed by atoms with Crippen molar-refractivity contribution >= 4 is 33.8 Å². The highest BCUT2D eigenvalue weighted by molar-refractivity contribution is 7.09. The molecule has 2 aromatic heterocycles. The Morgan fingerprint density at radius 2 is 1.95 bits per heavy atom. The Balaban J connectivity index is 2.33. The van der Waals surface area contributed by atoms with Crippen molar-refractivity contribution in [3.8, 4) is 11.5 Å². The van der Waals surface area contributed by atoms with Crippen LogP contribution >= 0.6 is 22.9 Å². The summed E-state index contributed by atoms with van der Waals surface area (Å²) < 4.78 is 13.8. The Bertz CT molecular complexity index is 785. The molecule has 0 fully saturated rings. The predicted molar refractivity (Wildman–Crippen MR) is 75.1 cm³/mol. The molecule has 1 aromatic carbocycles. The second-order valence-corrected chi connectivity index (χ2v) is 5.60. The molecule has 0 spiro atoms. The maximum absolute atomic E-state index is 13.8. The number of hydrogen-bond donors (Lipinski definition) is 0. The zero-order valence-corrected chi connectivity index (χ0v) is 11.8. The molecule has 0 unspecified atom stereocenters. The van der Waals surface area contributed by atoms with Gasteiger partial charge in [-0.3, -0.25) is 0 Å². The van der Waals surface area contributed by atoms with Crippen LogP contribution in [0.25, 0.3) is 22.4 Å². The van der Waals surface area contributed by atoms with Gasteiger partial charge in [-0.1, -0.05) is 17.7 Å². The first-order valence-electron chi connectivity index (χ1n) is 5.61. The summed E-state index contributed by atoms with van der Waals surface area (Å²) in [6, 6.07) is 3.05. The van der Waals surface area contributed by atoms with Gasteiger partial charge in [0, 0.05) is 5.38 Å². The van der Waals surface area contributed by atoms with Crippen LogP contribution in [0, 0.1) is 19.7 Å². The largest absolute Gasteiger partial charge is 0.238 e. The van der Waals surface area contributed by atoms with Crippen molar-refractivity contribution in [2.24, 2.45) is 0 Å². The van der Waals surface area contributed by atoms with E-state index in [0.29, 0.717) is 17.0 Å². The van der Waals surface area contributed by atoms with Crippen LogP contribution in [0.2, 0.25) is 5.15 Å². The van der Waals surface area contributed by atoms with Gasteiger partial charge < -0.3 is 0 Å². The highest BCUT2D eigenvalue weighted by atomic mass is 35.5. The second kappa shape index (κ2) is 4.51. The van der Waals surface area contributed by atoms with Gasteiger partial charge in [0.15, 0.2) is 5.82 Å². The molecule has 3 rings (SSSR count). The van der Waals surface area contributed by atoms with Gasteiger partial charge in [-0.05, 0) is 25.5 Å². The van der Waals surface area contributed by atoms with Gasteiger partial charge in [0.2, 0.25) is 0 Å². The lowest BCUT2D eigenvalue weighted by molar-refractivity contribution is 0.639. The lowest BCUT2D eigenvalue weighted by atomic mass is 10.1. The minimum atomic E-state index is -0.411. The topological polar surface area (TPSA) is 38.7 Å². The molecule has 0 amide bonds. The maximum Gasteiger partial charge on any atom is 0.181 e. The molecule has 0 aliphatic carbocycles. The van der Waals surface area contributed by atoms with Crippen LogP contribution in [-0.2, 0) is 0 Å². The molecule has 6 heteroatoms. The molecule has 3 aromatic rings. The van der Waals surface area contributed by atoms with E-state index in [2.05, 4.69) is 15.0 Å². The van der Waals surface area contributed by atoms with E-state index in [0.717, 1.165) is 10.6 Å². The fourth-order valence-electron chi connectivity index (χ4n) is 1.87. The van der Waals surface area contributed by atoms with Crippen molar-refractivity contribution in [2.75, 3.05) is 0 Å². The summed E-state index contributed by atoms with van der Waals surface area (Å²) in [6.45, 7) is 3.77. The van der Waals surface area contributed by atoms with Crippen molar-refractivity contribution in [1.82, 2.24) is 15.0 Å². The standard InChI is InChI=1S/C13H9ClFN3S/c1-6-3-4-8(15)10-11(6)17-13(18-12(10)14)9-5-19-7(2)16-9/h3-5H,1-2H3. The van der Waals surface area contributed by atoms with E-state index in [1.54, 1.807) is 6.07 Å². The van der Waals surface area contributed by atoms with Crippen molar-refractivity contribution in [1.29, 1.82) is 0 Å². The average molecular weight is 294 g/mol. The van der Waals surface area contributed by atoms with Gasteiger partial charge in [0.25, 0.3) is 0 Å². The molecular weight excluding hydrogens is 285 g/mol. The summed E-state index contributed by atoms with van der Waals surface area (Å²) in [5.41, 5.74) is 2.05. The molecule has 0 radical (unpaired) electrons. The van der Waals surface area contributed by atoms with Gasteiger partial charge in [0.1, 0.15) is 16.7 Å². The summed E-state index contributed by atoms with van der Waals surface area (Å²) in [4.78, 5) is 12.9. The SMILES string of the molecule is Cc1nc(-c2nc(Cl)c3c(F)ccc(C)c3n2)cs1. The van der Waals surface area contributed by atoms with E-state index in [-0.39, 0.29) is 10.5 Å². The molecular formula is C13H9ClFN3S. The van der Waals surface area contributed by atoms with E-state index in [1.807, 2.05) is 19.2 Å². The first-order chi connectivity index (χ1) is 9.06. The van der Waals surface area contributed by atoms with Crippen LogP contribution in [0.5, 0.6) is 0 Å². The molecule has 96 valence electrons. The second-order valence-electron chi connectivity index (χ2n) is 4.18. The minimum Gasteiger partial charge on any atom is -0.238 e. The number of nitrogens with zero attached hydrogens (tertiary/aromatic N) is 3. The molecule has 0 atom stereocenters. The fourth-order valence-corrected chi connectivity index (χ4v) is 2.72. The quantitative estimate of drug-likeness (QED) is 0.632. The third-order valence-corrected chi connectivity index (χ3v) is 3.85. The Hall–Kier alpha value is -1.59. The third-order valence-electron chi connectivity index (χ3n) is 2.80. The monoisotopic (exact) mass is 293 g/mol.